The fourth-order valence-electron chi connectivity index (χ4n) is 6.38. The zero-order chi connectivity index (χ0) is 29.7. The second kappa shape index (κ2) is 10.5. The minimum Gasteiger partial charge on any atom is -0.383 e. The number of carbonyl (C=O) groups excluding carboxylic acids is 1. The fraction of sp³-hybridized carbons (Fsp3) is 0.294. The smallest absolute Gasteiger partial charge is 0.219 e. The van der Waals surface area contributed by atoms with Gasteiger partial charge in [-0.15, -0.1) is 0 Å². The number of nitrogen functional groups attached to an aromatic ring is 1. The van der Waals surface area contributed by atoms with Gasteiger partial charge in [0.05, 0.1) is 11.3 Å². The topological polar surface area (TPSA) is 119 Å². The quantitative estimate of drug-likeness (QED) is 0.290. The lowest BCUT2D eigenvalue weighted by Crippen LogP contribution is -2.43. The number of pyridine rings is 2. The first-order chi connectivity index (χ1) is 20.8. The van der Waals surface area contributed by atoms with Crippen LogP contribution in [-0.4, -0.2) is 56.5 Å². The van der Waals surface area contributed by atoms with E-state index in [1.54, 1.807) is 13.1 Å². The minimum atomic E-state index is -0.238. The third kappa shape index (κ3) is 4.79. The molecular formula is C34H36N8O. The lowest BCUT2D eigenvalue weighted by Gasteiger charge is -2.38. The number of likely N-dealkylation sites (tertiary alicyclic amines) is 1. The van der Waals surface area contributed by atoms with E-state index in [1.165, 1.54) is 0 Å². The van der Waals surface area contributed by atoms with Crippen molar-refractivity contribution in [1.82, 2.24) is 24.4 Å². The van der Waals surface area contributed by atoms with Crippen LogP contribution >= 0.6 is 0 Å². The SMILES string of the molecule is CC(=O)N1CC[C@@H](N(C)c2cccc(-c3ccc4nc(-c5cccnc5N)n(-c5ccc(C6(N)CCC6)cc5)c4n3)c2)C1. The molecule has 1 saturated carbocycles. The summed E-state index contributed by atoms with van der Waals surface area (Å²) in [6.45, 7) is 3.17. The maximum Gasteiger partial charge on any atom is 0.219 e. The van der Waals surface area contributed by atoms with Crippen LogP contribution in [0.1, 0.15) is 38.2 Å². The van der Waals surface area contributed by atoms with Crippen molar-refractivity contribution in [2.45, 2.75) is 44.2 Å². The molecule has 0 unspecified atom stereocenters. The van der Waals surface area contributed by atoms with Gasteiger partial charge >= 0.3 is 0 Å². The van der Waals surface area contributed by atoms with E-state index >= 15 is 0 Å². The Morgan fingerprint density at radius 1 is 1.02 bits per heavy atom. The van der Waals surface area contributed by atoms with Crippen LogP contribution in [0, 0.1) is 0 Å². The van der Waals surface area contributed by atoms with E-state index < -0.39 is 0 Å². The first-order valence-electron chi connectivity index (χ1n) is 14.9. The summed E-state index contributed by atoms with van der Waals surface area (Å²) in [4.78, 5) is 30.6. The lowest BCUT2D eigenvalue weighted by molar-refractivity contribution is -0.127. The van der Waals surface area contributed by atoms with Gasteiger partial charge in [-0.2, -0.15) is 0 Å². The first kappa shape index (κ1) is 27.1. The average molecular weight is 573 g/mol. The van der Waals surface area contributed by atoms with E-state index in [0.29, 0.717) is 11.6 Å². The Morgan fingerprint density at radius 3 is 2.53 bits per heavy atom. The van der Waals surface area contributed by atoms with Crippen LogP contribution in [0.2, 0.25) is 0 Å². The van der Waals surface area contributed by atoms with E-state index in [-0.39, 0.29) is 17.5 Å². The second-order valence-electron chi connectivity index (χ2n) is 11.9. The van der Waals surface area contributed by atoms with Crippen molar-refractivity contribution in [2.75, 3.05) is 30.8 Å². The summed E-state index contributed by atoms with van der Waals surface area (Å²) < 4.78 is 2.06. The molecule has 1 amide bonds. The molecule has 4 heterocycles. The summed E-state index contributed by atoms with van der Waals surface area (Å²) in [7, 11) is 2.10. The normalized spacial score (nSPS) is 17.7. The molecule has 7 rings (SSSR count). The molecular weight excluding hydrogens is 536 g/mol. The molecule has 9 heteroatoms. The number of hydrogen-bond acceptors (Lipinski definition) is 7. The molecule has 2 aromatic carbocycles. The summed E-state index contributed by atoms with van der Waals surface area (Å²) >= 11 is 0. The predicted molar refractivity (Wildman–Crippen MR) is 171 cm³/mol. The van der Waals surface area contributed by atoms with Crippen LogP contribution in [0.4, 0.5) is 11.5 Å². The number of nitrogens with two attached hydrogens (primary N) is 2. The van der Waals surface area contributed by atoms with Crippen LogP contribution < -0.4 is 16.4 Å². The van der Waals surface area contributed by atoms with Crippen molar-refractivity contribution in [3.05, 3.63) is 84.6 Å². The van der Waals surface area contributed by atoms with Crippen molar-refractivity contribution in [1.29, 1.82) is 0 Å². The van der Waals surface area contributed by atoms with Gasteiger partial charge in [0.15, 0.2) is 11.5 Å². The third-order valence-corrected chi connectivity index (χ3v) is 9.24. The Labute approximate surface area is 251 Å². The number of likely N-dealkylation sites (N-methyl/N-ethyl adjacent to an activating group) is 1. The van der Waals surface area contributed by atoms with Gasteiger partial charge in [-0.25, -0.2) is 15.0 Å². The summed E-state index contributed by atoms with van der Waals surface area (Å²) in [6, 6.07) is 25.0. The molecule has 0 bridgehead atoms. The Kier molecular flexibility index (Phi) is 6.62. The highest BCUT2D eigenvalue weighted by atomic mass is 16.2. The number of aromatic nitrogens is 4. The van der Waals surface area contributed by atoms with E-state index in [2.05, 4.69) is 70.0 Å². The van der Waals surface area contributed by atoms with Crippen molar-refractivity contribution in [3.8, 4) is 28.3 Å². The highest BCUT2D eigenvalue weighted by Crippen LogP contribution is 2.39. The Morgan fingerprint density at radius 2 is 1.84 bits per heavy atom. The number of rotatable bonds is 6. The van der Waals surface area contributed by atoms with Crippen molar-refractivity contribution in [2.24, 2.45) is 5.73 Å². The molecule has 5 aromatic rings. The number of anilines is 2. The number of amides is 1. The molecule has 2 aliphatic rings. The van der Waals surface area contributed by atoms with E-state index in [9.17, 15) is 4.79 Å². The Balaban J connectivity index is 1.30. The van der Waals surface area contributed by atoms with Crippen LogP contribution in [0.3, 0.4) is 0 Å². The van der Waals surface area contributed by atoms with Gasteiger partial charge < -0.3 is 21.3 Å². The molecule has 4 N–H and O–H groups in total. The third-order valence-electron chi connectivity index (χ3n) is 9.24. The molecule has 0 spiro atoms. The average Bonchev–Trinajstić information content (AvgIpc) is 3.65. The molecule has 9 nitrogen and oxygen atoms in total. The Hall–Kier alpha value is -4.76. The van der Waals surface area contributed by atoms with Gasteiger partial charge in [0.25, 0.3) is 0 Å². The number of carbonyl (C=O) groups is 1. The number of fused-ring (bicyclic) bond motifs is 1. The molecule has 1 atom stereocenters. The summed E-state index contributed by atoms with van der Waals surface area (Å²) in [6.07, 6.45) is 5.81. The van der Waals surface area contributed by atoms with Gasteiger partial charge in [0, 0.05) is 61.8 Å². The van der Waals surface area contributed by atoms with Gasteiger partial charge in [-0.05, 0) is 79.8 Å². The van der Waals surface area contributed by atoms with Crippen molar-refractivity contribution < 1.29 is 4.79 Å². The minimum absolute atomic E-state index is 0.131. The standard InChI is InChI=1S/C34H36N8O/c1-22(43)41-19-15-27(21-41)40(2)26-7-3-6-23(20-26)29-13-14-30-33(38-29)42(32(39-30)28-8-4-18-37-31(28)35)25-11-9-24(10-12-25)34(36)16-5-17-34/h3-4,6-14,18,20,27H,5,15-17,19,21,36H2,1-2H3,(H2,35,37)/t27-/m1/s1. The maximum absolute atomic E-state index is 11.9. The highest BCUT2D eigenvalue weighted by molar-refractivity contribution is 5.85. The molecule has 1 saturated heterocycles. The number of nitrogens with zero attached hydrogens (tertiary/aromatic N) is 6. The lowest BCUT2D eigenvalue weighted by atomic mass is 9.73. The molecule has 1 aliphatic carbocycles. The van der Waals surface area contributed by atoms with Gasteiger partial charge in [0.1, 0.15) is 11.3 Å². The molecule has 0 radical (unpaired) electrons. The van der Waals surface area contributed by atoms with Gasteiger partial charge in [-0.1, -0.05) is 24.3 Å². The predicted octanol–water partition coefficient (Wildman–Crippen LogP) is 5.13. The van der Waals surface area contributed by atoms with Crippen molar-refractivity contribution in [3.63, 3.8) is 0 Å². The highest BCUT2D eigenvalue weighted by Gasteiger charge is 2.34. The number of hydrogen-bond donors (Lipinski definition) is 2. The van der Waals surface area contributed by atoms with E-state index in [1.807, 2.05) is 29.2 Å². The largest absolute Gasteiger partial charge is 0.383 e. The number of benzene rings is 2. The van der Waals surface area contributed by atoms with E-state index in [0.717, 1.165) is 83.7 Å². The molecule has 218 valence electrons. The summed E-state index contributed by atoms with van der Waals surface area (Å²) in [5.41, 5.74) is 20.0. The van der Waals surface area contributed by atoms with Gasteiger partial charge in [-0.3, -0.25) is 9.36 Å². The zero-order valence-electron chi connectivity index (χ0n) is 24.6. The zero-order valence-corrected chi connectivity index (χ0v) is 24.6. The van der Waals surface area contributed by atoms with Crippen LogP contribution in [0.25, 0.3) is 39.5 Å². The van der Waals surface area contributed by atoms with Crippen LogP contribution in [0.15, 0.2) is 79.0 Å². The molecule has 1 aliphatic heterocycles. The summed E-state index contributed by atoms with van der Waals surface area (Å²) in [5.74, 6) is 1.23. The van der Waals surface area contributed by atoms with Crippen LogP contribution in [-0.2, 0) is 10.3 Å². The van der Waals surface area contributed by atoms with E-state index in [4.69, 9.17) is 21.4 Å². The second-order valence-corrected chi connectivity index (χ2v) is 11.9. The van der Waals surface area contributed by atoms with Gasteiger partial charge in [0.2, 0.25) is 5.91 Å². The monoisotopic (exact) mass is 572 g/mol. The Bertz CT molecular complexity index is 1820. The first-order valence-corrected chi connectivity index (χ1v) is 14.9. The van der Waals surface area contributed by atoms with Crippen LogP contribution in [0.5, 0.6) is 0 Å². The summed E-state index contributed by atoms with van der Waals surface area (Å²) in [5, 5.41) is 0. The number of imidazole rings is 1. The maximum atomic E-state index is 11.9. The molecule has 43 heavy (non-hydrogen) atoms. The van der Waals surface area contributed by atoms with Crippen molar-refractivity contribution >= 4 is 28.6 Å². The molecule has 3 aromatic heterocycles. The molecule has 2 fully saturated rings. The fourth-order valence-corrected chi connectivity index (χ4v) is 6.38.